The number of halogens is 1. The Balaban J connectivity index is 2.68. The third-order valence-electron chi connectivity index (χ3n) is 2.19. The Hall–Kier alpha value is -0.770. The van der Waals surface area contributed by atoms with Gasteiger partial charge >= 0.3 is 0 Å². The van der Waals surface area contributed by atoms with Crippen molar-refractivity contribution < 1.29 is 5.11 Å². The van der Waals surface area contributed by atoms with Crippen LogP contribution in [0.2, 0.25) is 0 Å². The molecule has 1 heterocycles. The molecule has 0 spiro atoms. The van der Waals surface area contributed by atoms with Crippen molar-refractivity contribution in [1.29, 1.82) is 0 Å². The fourth-order valence-corrected chi connectivity index (χ4v) is 2.60. The van der Waals surface area contributed by atoms with Gasteiger partial charge in [-0.1, -0.05) is 6.07 Å². The molecule has 2 nitrogen and oxygen atoms in total. The topological polar surface area (TPSA) is 46.2 Å². The molecule has 1 aromatic carbocycles. The molecule has 74 valence electrons. The van der Waals surface area contributed by atoms with Gasteiger partial charge in [0.05, 0.1) is 12.5 Å². The molecule has 0 saturated heterocycles. The van der Waals surface area contributed by atoms with E-state index in [1.54, 1.807) is 11.3 Å². The van der Waals surface area contributed by atoms with Crippen molar-refractivity contribution >= 4 is 38.7 Å². The van der Waals surface area contributed by atoms with E-state index in [9.17, 15) is 0 Å². The van der Waals surface area contributed by atoms with Crippen molar-refractivity contribution in [2.24, 2.45) is 0 Å². The van der Waals surface area contributed by atoms with E-state index in [0.29, 0.717) is 11.6 Å². The molecule has 14 heavy (non-hydrogen) atoms. The van der Waals surface area contributed by atoms with Gasteiger partial charge < -0.3 is 10.8 Å². The van der Waals surface area contributed by atoms with Crippen molar-refractivity contribution in [2.75, 3.05) is 5.73 Å². The van der Waals surface area contributed by atoms with E-state index in [1.807, 2.05) is 18.2 Å². The van der Waals surface area contributed by atoms with Gasteiger partial charge in [0, 0.05) is 26.2 Å². The van der Waals surface area contributed by atoms with E-state index >= 15 is 0 Å². The molecule has 0 atom stereocenters. The highest BCUT2D eigenvalue weighted by molar-refractivity contribution is 7.19. The van der Waals surface area contributed by atoms with Crippen LogP contribution in [-0.4, -0.2) is 5.11 Å². The summed E-state index contributed by atoms with van der Waals surface area (Å²) in [6.45, 7) is -0.0200. The van der Waals surface area contributed by atoms with Gasteiger partial charge in [-0.3, -0.25) is 0 Å². The quantitative estimate of drug-likeness (QED) is 0.612. The highest BCUT2D eigenvalue weighted by atomic mass is 35.5. The summed E-state index contributed by atoms with van der Waals surface area (Å²) >= 11 is 7.38. The molecular weight excluding hydrogens is 218 g/mol. The van der Waals surface area contributed by atoms with E-state index in [4.69, 9.17) is 22.4 Å². The van der Waals surface area contributed by atoms with Crippen LogP contribution >= 0.6 is 22.9 Å². The minimum absolute atomic E-state index is 0.0200. The number of thiophene rings is 1. The maximum absolute atomic E-state index is 9.04. The number of aliphatic hydroxyl groups is 1. The number of anilines is 1. The Labute approximate surface area is 90.9 Å². The van der Waals surface area contributed by atoms with Gasteiger partial charge in [-0.15, -0.1) is 22.9 Å². The molecule has 0 fully saturated rings. The summed E-state index contributed by atoms with van der Waals surface area (Å²) in [6.07, 6.45) is 0. The molecule has 0 radical (unpaired) electrons. The van der Waals surface area contributed by atoms with Crippen molar-refractivity contribution in [3.05, 3.63) is 28.6 Å². The molecule has 2 rings (SSSR count). The van der Waals surface area contributed by atoms with Crippen LogP contribution in [0.5, 0.6) is 0 Å². The maximum atomic E-state index is 9.04. The van der Waals surface area contributed by atoms with Crippen molar-refractivity contribution in [2.45, 2.75) is 12.5 Å². The Morgan fingerprint density at radius 2 is 2.21 bits per heavy atom. The minimum Gasteiger partial charge on any atom is -0.398 e. The molecule has 1 aromatic heterocycles. The molecular formula is C10H10ClNOS. The van der Waals surface area contributed by atoms with Crippen molar-refractivity contribution in [3.8, 4) is 0 Å². The summed E-state index contributed by atoms with van der Waals surface area (Å²) in [5.41, 5.74) is 7.34. The van der Waals surface area contributed by atoms with E-state index in [1.165, 1.54) is 0 Å². The molecule has 0 aliphatic heterocycles. The SMILES string of the molecule is Nc1c(CO)ccc2sc(CCl)cc12. The predicted molar refractivity (Wildman–Crippen MR) is 61.7 cm³/mol. The predicted octanol–water partition coefficient (Wildman–Crippen LogP) is 2.71. The summed E-state index contributed by atoms with van der Waals surface area (Å²) in [5, 5.41) is 10.0. The largest absolute Gasteiger partial charge is 0.398 e. The fraction of sp³-hybridized carbons (Fsp3) is 0.200. The summed E-state index contributed by atoms with van der Waals surface area (Å²) in [6, 6.07) is 5.81. The highest BCUT2D eigenvalue weighted by Gasteiger charge is 2.07. The van der Waals surface area contributed by atoms with Crippen LogP contribution in [0.25, 0.3) is 10.1 Å². The number of nitrogen functional groups attached to an aromatic ring is 1. The highest BCUT2D eigenvalue weighted by Crippen LogP contribution is 2.32. The van der Waals surface area contributed by atoms with E-state index in [2.05, 4.69) is 0 Å². The Kier molecular flexibility index (Phi) is 2.63. The van der Waals surface area contributed by atoms with Crippen LogP contribution in [0.15, 0.2) is 18.2 Å². The second kappa shape index (κ2) is 3.77. The summed E-state index contributed by atoms with van der Waals surface area (Å²) in [4.78, 5) is 1.10. The number of fused-ring (bicyclic) bond motifs is 1. The van der Waals surface area contributed by atoms with Crippen LogP contribution in [0.3, 0.4) is 0 Å². The number of aliphatic hydroxyl groups excluding tert-OH is 1. The van der Waals surface area contributed by atoms with Crippen LogP contribution in [0.4, 0.5) is 5.69 Å². The molecule has 0 aliphatic rings. The third kappa shape index (κ3) is 1.47. The van der Waals surface area contributed by atoms with Gasteiger partial charge in [0.25, 0.3) is 0 Å². The summed E-state index contributed by atoms with van der Waals surface area (Å²) in [7, 11) is 0. The van der Waals surface area contributed by atoms with Crippen molar-refractivity contribution in [3.63, 3.8) is 0 Å². The summed E-state index contributed by atoms with van der Waals surface area (Å²) in [5.74, 6) is 0.507. The number of rotatable bonds is 2. The van der Waals surface area contributed by atoms with E-state index < -0.39 is 0 Å². The zero-order valence-electron chi connectivity index (χ0n) is 7.46. The lowest BCUT2D eigenvalue weighted by atomic mass is 10.1. The standard InChI is InChI=1S/C10H10ClNOS/c11-4-7-3-8-9(14-7)2-1-6(5-13)10(8)12/h1-3,13H,4-5,12H2. The number of hydrogen-bond donors (Lipinski definition) is 2. The van der Waals surface area contributed by atoms with E-state index in [0.717, 1.165) is 20.5 Å². The average molecular weight is 228 g/mol. The Morgan fingerprint density at radius 1 is 1.43 bits per heavy atom. The number of hydrogen-bond acceptors (Lipinski definition) is 3. The molecule has 4 heteroatoms. The maximum Gasteiger partial charge on any atom is 0.0702 e. The second-order valence-corrected chi connectivity index (χ2v) is 4.49. The normalized spacial score (nSPS) is 11.0. The number of nitrogens with two attached hydrogens (primary N) is 1. The number of alkyl halides is 1. The first-order valence-electron chi connectivity index (χ1n) is 4.23. The van der Waals surface area contributed by atoms with Crippen LogP contribution in [-0.2, 0) is 12.5 Å². The first-order valence-corrected chi connectivity index (χ1v) is 5.58. The van der Waals surface area contributed by atoms with Gasteiger partial charge in [-0.05, 0) is 12.1 Å². The first kappa shape index (κ1) is 9.77. The Morgan fingerprint density at radius 3 is 2.86 bits per heavy atom. The average Bonchev–Trinajstić information content (AvgIpc) is 2.62. The summed E-state index contributed by atoms with van der Waals surface area (Å²) < 4.78 is 1.12. The molecule has 0 saturated carbocycles. The Bertz CT molecular complexity index is 466. The zero-order valence-corrected chi connectivity index (χ0v) is 9.03. The smallest absolute Gasteiger partial charge is 0.0702 e. The monoisotopic (exact) mass is 227 g/mol. The van der Waals surface area contributed by atoms with Gasteiger partial charge in [0.2, 0.25) is 0 Å². The lowest BCUT2D eigenvalue weighted by Gasteiger charge is -2.02. The second-order valence-electron chi connectivity index (χ2n) is 3.05. The van der Waals surface area contributed by atoms with Gasteiger partial charge in [0.1, 0.15) is 0 Å². The molecule has 0 aliphatic carbocycles. The van der Waals surface area contributed by atoms with Crippen molar-refractivity contribution in [1.82, 2.24) is 0 Å². The number of benzene rings is 1. The van der Waals surface area contributed by atoms with Gasteiger partial charge in [-0.2, -0.15) is 0 Å². The molecule has 0 amide bonds. The fourth-order valence-electron chi connectivity index (χ4n) is 1.43. The molecule has 0 bridgehead atoms. The zero-order chi connectivity index (χ0) is 10.1. The molecule has 3 N–H and O–H groups in total. The molecule has 0 unspecified atom stereocenters. The first-order chi connectivity index (χ1) is 6.76. The van der Waals surface area contributed by atoms with Crippen LogP contribution in [0, 0.1) is 0 Å². The lowest BCUT2D eigenvalue weighted by molar-refractivity contribution is 0.282. The molecule has 2 aromatic rings. The van der Waals surface area contributed by atoms with Crippen LogP contribution in [0.1, 0.15) is 10.4 Å². The van der Waals surface area contributed by atoms with Gasteiger partial charge in [-0.25, -0.2) is 0 Å². The van der Waals surface area contributed by atoms with Crippen LogP contribution < -0.4 is 5.73 Å². The van der Waals surface area contributed by atoms with E-state index in [-0.39, 0.29) is 6.61 Å². The minimum atomic E-state index is -0.0200. The third-order valence-corrected chi connectivity index (χ3v) is 3.73. The van der Waals surface area contributed by atoms with Gasteiger partial charge in [0.15, 0.2) is 0 Å². The lowest BCUT2D eigenvalue weighted by Crippen LogP contribution is -1.93.